The largest absolute Gasteiger partial charge is 0.418 e. The van der Waals surface area contributed by atoms with Crippen molar-refractivity contribution in [1.82, 2.24) is 0 Å². The van der Waals surface area contributed by atoms with Crippen molar-refractivity contribution >= 4 is 6.72 Å². The van der Waals surface area contributed by atoms with Crippen molar-refractivity contribution in [3.63, 3.8) is 0 Å². The minimum atomic E-state index is -4.53. The first-order chi connectivity index (χ1) is 11.2. The van der Waals surface area contributed by atoms with Gasteiger partial charge in [0, 0.05) is 6.54 Å². The Morgan fingerprint density at radius 3 is 2.08 bits per heavy atom. The number of hydrogen-bond donors (Lipinski definition) is 1. The van der Waals surface area contributed by atoms with E-state index < -0.39 is 11.7 Å². The zero-order valence-electron chi connectivity index (χ0n) is 15.2. The van der Waals surface area contributed by atoms with Crippen LogP contribution in [0.1, 0.15) is 34.6 Å². The lowest BCUT2D eigenvalue weighted by Gasteiger charge is -2.17. The van der Waals surface area contributed by atoms with E-state index in [2.05, 4.69) is 18.3 Å². The van der Waals surface area contributed by atoms with Crippen LogP contribution in [-0.4, -0.2) is 19.4 Å². The lowest BCUT2D eigenvalue weighted by atomic mass is 9.93. The molecule has 2 nitrogen and oxygen atoms in total. The van der Waals surface area contributed by atoms with Crippen molar-refractivity contribution in [3.05, 3.63) is 59.4 Å². The van der Waals surface area contributed by atoms with Crippen molar-refractivity contribution in [3.8, 4) is 0 Å². The third-order valence-corrected chi connectivity index (χ3v) is 2.96. The Balaban J connectivity index is 0. The highest BCUT2D eigenvalue weighted by Crippen LogP contribution is 2.34. The fraction of sp³-hybridized carbons (Fsp3) is 0.421. The van der Waals surface area contributed by atoms with Gasteiger partial charge in [-0.15, -0.1) is 0 Å². The third kappa shape index (κ3) is 8.11. The van der Waals surface area contributed by atoms with Crippen molar-refractivity contribution in [2.75, 3.05) is 6.54 Å². The summed E-state index contributed by atoms with van der Waals surface area (Å²) in [5.74, 6) is 0.0286. The van der Waals surface area contributed by atoms with E-state index in [1.54, 1.807) is 25.2 Å². The molecule has 0 aliphatic rings. The highest BCUT2D eigenvalue weighted by Gasteiger charge is 2.35. The molecular weight excluding hydrogens is 313 g/mol. The number of nitrogens with two attached hydrogens (primary N) is 1. The normalized spacial score (nSPS) is 14.2. The first-order valence-electron chi connectivity index (χ1n) is 7.85. The Hall–Kier alpha value is -1.88. The summed E-state index contributed by atoms with van der Waals surface area (Å²) in [6, 6.07) is 0. The molecule has 0 aliphatic carbocycles. The Morgan fingerprint density at radius 1 is 1.21 bits per heavy atom. The number of alkyl halides is 3. The van der Waals surface area contributed by atoms with Crippen LogP contribution >= 0.6 is 0 Å². The lowest BCUT2D eigenvalue weighted by Crippen LogP contribution is -2.14. The van der Waals surface area contributed by atoms with Gasteiger partial charge in [0.25, 0.3) is 0 Å². The molecule has 0 radical (unpaired) electrons. The molecule has 0 atom stereocenters. The third-order valence-electron chi connectivity index (χ3n) is 2.96. The van der Waals surface area contributed by atoms with Crippen molar-refractivity contribution in [2.24, 2.45) is 16.6 Å². The Kier molecular flexibility index (Phi) is 12.7. The second-order valence-electron chi connectivity index (χ2n) is 4.89. The first kappa shape index (κ1) is 24.4. The lowest BCUT2D eigenvalue weighted by molar-refractivity contribution is -0.0889. The van der Waals surface area contributed by atoms with E-state index >= 15 is 0 Å². The van der Waals surface area contributed by atoms with Crippen LogP contribution in [0.4, 0.5) is 13.2 Å². The molecular formula is C19H29F3N2. The molecule has 0 rings (SSSR count). The maximum absolute atomic E-state index is 13.3. The molecule has 0 amide bonds. The van der Waals surface area contributed by atoms with Gasteiger partial charge in [-0.1, -0.05) is 64.7 Å². The monoisotopic (exact) mass is 342 g/mol. The van der Waals surface area contributed by atoms with Gasteiger partial charge >= 0.3 is 6.18 Å². The predicted molar refractivity (Wildman–Crippen MR) is 99.0 cm³/mol. The Morgan fingerprint density at radius 2 is 1.75 bits per heavy atom. The van der Waals surface area contributed by atoms with Crippen LogP contribution in [0.15, 0.2) is 64.4 Å². The van der Waals surface area contributed by atoms with E-state index in [1.165, 1.54) is 6.08 Å². The summed E-state index contributed by atoms with van der Waals surface area (Å²) in [4.78, 5) is 3.62. The van der Waals surface area contributed by atoms with Gasteiger partial charge < -0.3 is 5.73 Å². The second kappa shape index (κ2) is 12.5. The van der Waals surface area contributed by atoms with Crippen molar-refractivity contribution in [2.45, 2.75) is 40.8 Å². The van der Waals surface area contributed by atoms with Crippen molar-refractivity contribution < 1.29 is 13.2 Å². The first-order valence-corrected chi connectivity index (χ1v) is 7.85. The quantitative estimate of drug-likeness (QED) is 0.463. The number of rotatable bonds is 7. The highest BCUT2D eigenvalue weighted by atomic mass is 19.4. The summed E-state index contributed by atoms with van der Waals surface area (Å²) in [7, 11) is 0. The number of hydrogen-bond acceptors (Lipinski definition) is 2. The molecule has 24 heavy (non-hydrogen) atoms. The molecule has 0 fully saturated rings. The molecule has 136 valence electrons. The predicted octanol–water partition coefficient (Wildman–Crippen LogP) is 5.76. The van der Waals surface area contributed by atoms with E-state index in [4.69, 9.17) is 5.73 Å². The van der Waals surface area contributed by atoms with Gasteiger partial charge in [-0.05, 0) is 30.7 Å². The van der Waals surface area contributed by atoms with Gasteiger partial charge in [0.1, 0.15) is 0 Å². The number of nitrogens with zero attached hydrogens (tertiary/aromatic N) is 1. The minimum Gasteiger partial charge on any atom is -0.327 e. The molecule has 0 aromatic carbocycles. The van der Waals surface area contributed by atoms with Gasteiger partial charge in [-0.3, -0.25) is 4.99 Å². The van der Waals surface area contributed by atoms with Gasteiger partial charge in [0.15, 0.2) is 0 Å². The van der Waals surface area contributed by atoms with E-state index in [9.17, 15) is 13.2 Å². The molecule has 0 bridgehead atoms. The average molecular weight is 342 g/mol. The van der Waals surface area contributed by atoms with Crippen LogP contribution in [0.2, 0.25) is 0 Å². The zero-order chi connectivity index (χ0) is 19.3. The van der Waals surface area contributed by atoms with Gasteiger partial charge in [-0.2, -0.15) is 13.2 Å². The smallest absolute Gasteiger partial charge is 0.327 e. The molecule has 0 aromatic heterocycles. The molecule has 0 aromatic rings. The second-order valence-corrected chi connectivity index (χ2v) is 4.89. The standard InChI is InChI=1S/C17H23F3N2.C2H6/c1-6-7-9-14(12(2)3)13(4)16(22-5)15(10-8-11-21)17(18,19)20;1-2/h6-10,12H,1,5,11,21H2,2-4H3;1-2H3/b9-7-,10-8-,14-13-,16-15+;. The molecule has 0 heterocycles. The van der Waals surface area contributed by atoms with Crippen LogP contribution in [0, 0.1) is 5.92 Å². The maximum atomic E-state index is 13.3. The van der Waals surface area contributed by atoms with E-state index in [1.807, 2.05) is 27.7 Å². The van der Waals surface area contributed by atoms with Crippen LogP contribution in [0.3, 0.4) is 0 Å². The van der Waals surface area contributed by atoms with Crippen LogP contribution in [0.25, 0.3) is 0 Å². The molecule has 0 unspecified atom stereocenters. The molecule has 0 spiro atoms. The highest BCUT2D eigenvalue weighted by molar-refractivity contribution is 5.49. The summed E-state index contributed by atoms with van der Waals surface area (Å²) in [5.41, 5.74) is 5.39. The van der Waals surface area contributed by atoms with E-state index in [0.717, 1.165) is 11.6 Å². The van der Waals surface area contributed by atoms with E-state index in [-0.39, 0.29) is 18.2 Å². The zero-order valence-corrected chi connectivity index (χ0v) is 15.2. The molecule has 0 saturated heterocycles. The summed E-state index contributed by atoms with van der Waals surface area (Å²) in [5, 5.41) is 0. The molecule has 2 N–H and O–H groups in total. The van der Waals surface area contributed by atoms with Crippen molar-refractivity contribution in [1.29, 1.82) is 0 Å². The molecule has 0 saturated carbocycles. The number of aliphatic imine (C=N–C) groups is 1. The van der Waals surface area contributed by atoms with Crippen LogP contribution in [-0.2, 0) is 0 Å². The maximum Gasteiger partial charge on any atom is 0.418 e. The number of allylic oxidation sites excluding steroid dienone is 7. The van der Waals surface area contributed by atoms with Gasteiger partial charge in [0.05, 0.1) is 11.3 Å². The SMILES string of the molecule is C=C\C=C/C(=C(C)/C(N=C)=C(/C=C\CN)C(F)(F)F)C(C)C.CC. The van der Waals surface area contributed by atoms with Crippen LogP contribution in [0.5, 0.6) is 0 Å². The fourth-order valence-corrected chi connectivity index (χ4v) is 1.96. The van der Waals surface area contributed by atoms with E-state index in [0.29, 0.717) is 5.57 Å². The Bertz CT molecular complexity index is 519. The summed E-state index contributed by atoms with van der Waals surface area (Å²) < 4.78 is 39.8. The topological polar surface area (TPSA) is 38.4 Å². The van der Waals surface area contributed by atoms with Gasteiger partial charge in [0.2, 0.25) is 0 Å². The summed E-state index contributed by atoms with van der Waals surface area (Å²) in [6.45, 7) is 16.3. The average Bonchev–Trinajstić information content (AvgIpc) is 2.52. The van der Waals surface area contributed by atoms with Gasteiger partial charge in [-0.25, -0.2) is 0 Å². The fourth-order valence-electron chi connectivity index (χ4n) is 1.96. The Labute approximate surface area is 144 Å². The number of halogens is 3. The molecule has 0 aliphatic heterocycles. The van der Waals surface area contributed by atoms with Crippen LogP contribution < -0.4 is 5.73 Å². The minimum absolute atomic E-state index is 0.0141. The summed E-state index contributed by atoms with van der Waals surface area (Å²) >= 11 is 0. The summed E-state index contributed by atoms with van der Waals surface area (Å²) in [6.07, 6.45) is 2.65. The molecule has 5 heteroatoms.